The summed E-state index contributed by atoms with van der Waals surface area (Å²) >= 11 is 1.37. The van der Waals surface area contributed by atoms with Gasteiger partial charge in [-0.1, -0.05) is 0 Å². The molecule has 0 aliphatic carbocycles. The summed E-state index contributed by atoms with van der Waals surface area (Å²) in [5.41, 5.74) is 0.102. The lowest BCUT2D eigenvalue weighted by Gasteiger charge is -2.00. The van der Waals surface area contributed by atoms with Gasteiger partial charge in [0.1, 0.15) is 5.75 Å². The summed E-state index contributed by atoms with van der Waals surface area (Å²) in [4.78, 5) is 11.1. The molecule has 0 saturated carbocycles. The van der Waals surface area contributed by atoms with Crippen LogP contribution in [-0.4, -0.2) is 22.4 Å². The maximum Gasteiger partial charge on any atom is 0.335 e. The Kier molecular flexibility index (Phi) is 2.60. The Morgan fingerprint density at radius 1 is 1.50 bits per heavy atom. The predicted molar refractivity (Wildman–Crippen MR) is 46.8 cm³/mol. The number of aromatic hydroxyl groups is 1. The number of rotatable bonds is 2. The summed E-state index contributed by atoms with van der Waals surface area (Å²) < 4.78 is 0. The Labute approximate surface area is 74.0 Å². The van der Waals surface area contributed by atoms with E-state index >= 15 is 0 Å². The molecule has 4 heteroatoms. The molecule has 0 heterocycles. The maximum atomic E-state index is 10.4. The van der Waals surface area contributed by atoms with Crippen LogP contribution in [0.4, 0.5) is 0 Å². The molecule has 0 saturated heterocycles. The number of carbonyl (C=O) groups is 1. The zero-order valence-electron chi connectivity index (χ0n) is 6.44. The van der Waals surface area contributed by atoms with E-state index in [0.29, 0.717) is 4.90 Å². The second-order valence-corrected chi connectivity index (χ2v) is 3.04. The highest BCUT2D eigenvalue weighted by Crippen LogP contribution is 2.26. The molecule has 0 aliphatic heterocycles. The van der Waals surface area contributed by atoms with Crippen LogP contribution in [-0.2, 0) is 0 Å². The van der Waals surface area contributed by atoms with Gasteiger partial charge in [0.05, 0.1) is 5.56 Å². The van der Waals surface area contributed by atoms with Crippen molar-refractivity contribution >= 4 is 17.7 Å². The highest BCUT2D eigenvalue weighted by molar-refractivity contribution is 7.98. The molecule has 0 amide bonds. The molecule has 0 unspecified atom stereocenters. The van der Waals surface area contributed by atoms with Crippen LogP contribution in [0, 0.1) is 0 Å². The maximum absolute atomic E-state index is 10.4. The Hall–Kier alpha value is -1.16. The number of hydrogen-bond donors (Lipinski definition) is 2. The van der Waals surface area contributed by atoms with E-state index in [9.17, 15) is 9.90 Å². The minimum atomic E-state index is -1.03. The van der Waals surface area contributed by atoms with Gasteiger partial charge in [0.25, 0.3) is 0 Å². The van der Waals surface area contributed by atoms with Gasteiger partial charge in [0.15, 0.2) is 0 Å². The van der Waals surface area contributed by atoms with Gasteiger partial charge in [-0.2, -0.15) is 0 Å². The van der Waals surface area contributed by atoms with Crippen molar-refractivity contribution < 1.29 is 15.0 Å². The highest BCUT2D eigenvalue weighted by Gasteiger charge is 2.05. The topological polar surface area (TPSA) is 57.5 Å². The van der Waals surface area contributed by atoms with Gasteiger partial charge >= 0.3 is 5.97 Å². The first-order chi connectivity index (χ1) is 5.65. The third kappa shape index (κ3) is 1.71. The van der Waals surface area contributed by atoms with E-state index in [2.05, 4.69) is 0 Å². The number of carboxylic acids is 1. The molecule has 1 aromatic carbocycles. The molecule has 0 bridgehead atoms. The van der Waals surface area contributed by atoms with Crippen LogP contribution in [0.2, 0.25) is 0 Å². The van der Waals surface area contributed by atoms with E-state index in [1.165, 1.54) is 23.9 Å². The average Bonchev–Trinajstić information content (AvgIpc) is 2.04. The number of benzene rings is 1. The van der Waals surface area contributed by atoms with Crippen LogP contribution >= 0.6 is 11.8 Å². The third-order valence-corrected chi connectivity index (χ3v) is 2.21. The zero-order chi connectivity index (χ0) is 9.14. The van der Waals surface area contributed by atoms with E-state index in [-0.39, 0.29) is 11.3 Å². The number of phenolic OH excluding ortho intramolecular Hbond substituents is 1. The van der Waals surface area contributed by atoms with Crippen LogP contribution < -0.4 is 0 Å². The average molecular weight is 184 g/mol. The first-order valence-electron chi connectivity index (χ1n) is 3.25. The highest BCUT2D eigenvalue weighted by atomic mass is 32.2. The Balaban J connectivity index is 3.10. The quantitative estimate of drug-likeness (QED) is 0.688. The molecule has 0 aliphatic rings. The second kappa shape index (κ2) is 3.49. The lowest BCUT2D eigenvalue weighted by atomic mass is 10.2. The minimum Gasteiger partial charge on any atom is -0.507 e. The molecule has 0 fully saturated rings. The SMILES string of the molecule is CSc1ccc(C(=O)O)cc1O. The van der Waals surface area contributed by atoms with E-state index < -0.39 is 5.97 Å². The van der Waals surface area contributed by atoms with Crippen molar-refractivity contribution in [1.29, 1.82) is 0 Å². The number of thioether (sulfide) groups is 1. The molecule has 0 atom stereocenters. The molecule has 3 nitrogen and oxygen atoms in total. The van der Waals surface area contributed by atoms with Gasteiger partial charge in [0, 0.05) is 4.90 Å². The van der Waals surface area contributed by atoms with Crippen molar-refractivity contribution in [2.24, 2.45) is 0 Å². The summed E-state index contributed by atoms with van der Waals surface area (Å²) in [7, 11) is 0. The van der Waals surface area contributed by atoms with Crippen molar-refractivity contribution in [1.82, 2.24) is 0 Å². The molecular weight excluding hydrogens is 176 g/mol. The van der Waals surface area contributed by atoms with Crippen LogP contribution in [0.1, 0.15) is 10.4 Å². The fourth-order valence-electron chi connectivity index (χ4n) is 0.823. The molecule has 12 heavy (non-hydrogen) atoms. The molecule has 64 valence electrons. The molecule has 0 aromatic heterocycles. The van der Waals surface area contributed by atoms with Crippen molar-refractivity contribution in [2.75, 3.05) is 6.26 Å². The van der Waals surface area contributed by atoms with Crippen molar-refractivity contribution in [2.45, 2.75) is 4.90 Å². The number of carboxylic acid groups (broad SMARTS) is 1. The second-order valence-electron chi connectivity index (χ2n) is 2.19. The smallest absolute Gasteiger partial charge is 0.335 e. The third-order valence-electron chi connectivity index (χ3n) is 1.43. The summed E-state index contributed by atoms with van der Waals surface area (Å²) in [6.45, 7) is 0. The van der Waals surface area contributed by atoms with Gasteiger partial charge in [-0.25, -0.2) is 4.79 Å². The molecular formula is C8H8O3S. The van der Waals surface area contributed by atoms with E-state index in [1.807, 2.05) is 6.26 Å². The van der Waals surface area contributed by atoms with Crippen LogP contribution in [0.5, 0.6) is 5.75 Å². The number of aromatic carboxylic acids is 1. The molecule has 1 rings (SSSR count). The van der Waals surface area contributed by atoms with Crippen molar-refractivity contribution in [3.05, 3.63) is 23.8 Å². The summed E-state index contributed by atoms with van der Waals surface area (Å²) in [6, 6.07) is 4.30. The lowest BCUT2D eigenvalue weighted by molar-refractivity contribution is 0.0696. The van der Waals surface area contributed by atoms with Crippen molar-refractivity contribution in [3.63, 3.8) is 0 Å². The monoisotopic (exact) mass is 184 g/mol. The summed E-state index contributed by atoms with van der Waals surface area (Å²) in [5.74, 6) is -1.01. The normalized spacial score (nSPS) is 9.75. The summed E-state index contributed by atoms with van der Waals surface area (Å²) in [6.07, 6.45) is 1.81. The van der Waals surface area contributed by atoms with E-state index in [1.54, 1.807) is 6.07 Å². The molecule has 2 N–H and O–H groups in total. The van der Waals surface area contributed by atoms with E-state index in [4.69, 9.17) is 5.11 Å². The van der Waals surface area contributed by atoms with Gasteiger partial charge in [-0.15, -0.1) is 11.8 Å². The van der Waals surface area contributed by atoms with Crippen molar-refractivity contribution in [3.8, 4) is 5.75 Å². The Bertz CT molecular complexity index is 309. The van der Waals surface area contributed by atoms with Crippen LogP contribution in [0.3, 0.4) is 0 Å². The molecule has 0 radical (unpaired) electrons. The fraction of sp³-hybridized carbons (Fsp3) is 0.125. The summed E-state index contributed by atoms with van der Waals surface area (Å²) in [5, 5.41) is 17.8. The zero-order valence-corrected chi connectivity index (χ0v) is 7.26. The first-order valence-corrected chi connectivity index (χ1v) is 4.48. The number of phenols is 1. The van der Waals surface area contributed by atoms with Gasteiger partial charge < -0.3 is 10.2 Å². The van der Waals surface area contributed by atoms with Crippen LogP contribution in [0.15, 0.2) is 23.1 Å². The first kappa shape index (κ1) is 8.93. The van der Waals surface area contributed by atoms with E-state index in [0.717, 1.165) is 0 Å². The predicted octanol–water partition coefficient (Wildman–Crippen LogP) is 1.81. The fourth-order valence-corrected chi connectivity index (χ4v) is 1.30. The largest absolute Gasteiger partial charge is 0.507 e. The Morgan fingerprint density at radius 3 is 2.58 bits per heavy atom. The van der Waals surface area contributed by atoms with Gasteiger partial charge in [0.2, 0.25) is 0 Å². The standard InChI is InChI=1S/C8H8O3S/c1-12-7-3-2-5(8(10)11)4-6(7)9/h2-4,9H,1H3,(H,10,11). The lowest BCUT2D eigenvalue weighted by Crippen LogP contribution is -1.95. The molecule has 1 aromatic rings. The minimum absolute atomic E-state index is 0.0161. The van der Waals surface area contributed by atoms with Gasteiger partial charge in [-0.3, -0.25) is 0 Å². The molecule has 0 spiro atoms. The number of hydrogen-bond acceptors (Lipinski definition) is 3. The van der Waals surface area contributed by atoms with Gasteiger partial charge in [-0.05, 0) is 24.5 Å². The Morgan fingerprint density at radius 2 is 2.17 bits per heavy atom. The van der Waals surface area contributed by atoms with Crippen LogP contribution in [0.25, 0.3) is 0 Å².